The van der Waals surface area contributed by atoms with Crippen molar-refractivity contribution in [2.24, 2.45) is 5.41 Å². The second-order valence-corrected chi connectivity index (χ2v) is 5.13. The van der Waals surface area contributed by atoms with Crippen molar-refractivity contribution in [3.63, 3.8) is 0 Å². The molecule has 1 heterocycles. The first-order chi connectivity index (χ1) is 9.00. The average molecular weight is 282 g/mol. The third kappa shape index (κ3) is 2.59. The Hall–Kier alpha value is -1.55. The second kappa shape index (κ2) is 5.21. The first-order valence-corrected chi connectivity index (χ1v) is 6.67. The van der Waals surface area contributed by atoms with Gasteiger partial charge in [-0.15, -0.1) is 0 Å². The largest absolute Gasteiger partial charge is 0.481 e. The van der Waals surface area contributed by atoms with Crippen molar-refractivity contribution >= 4 is 28.7 Å². The Kier molecular flexibility index (Phi) is 3.80. The monoisotopic (exact) mass is 281 g/mol. The van der Waals surface area contributed by atoms with Gasteiger partial charge in [-0.1, -0.05) is 25.4 Å². The highest BCUT2D eigenvalue weighted by molar-refractivity contribution is 6.31. The number of carboxylic acids is 1. The molecule has 0 saturated heterocycles. The summed E-state index contributed by atoms with van der Waals surface area (Å²) in [7, 11) is 0. The van der Waals surface area contributed by atoms with Crippen molar-refractivity contribution in [3.8, 4) is 0 Å². The second-order valence-electron chi connectivity index (χ2n) is 4.69. The predicted octanol–water partition coefficient (Wildman–Crippen LogP) is 3.91. The third-order valence-electron chi connectivity index (χ3n) is 3.69. The number of halogens is 1. The fourth-order valence-electron chi connectivity index (χ4n) is 2.19. The van der Waals surface area contributed by atoms with E-state index in [9.17, 15) is 9.90 Å². The normalized spacial score (nSPS) is 11.9. The zero-order chi connectivity index (χ0) is 14.0. The Morgan fingerprint density at radius 2 is 2.11 bits per heavy atom. The van der Waals surface area contributed by atoms with Crippen LogP contribution in [0.2, 0.25) is 5.02 Å². The van der Waals surface area contributed by atoms with Crippen molar-refractivity contribution in [1.29, 1.82) is 0 Å². The van der Waals surface area contributed by atoms with Crippen LogP contribution in [-0.2, 0) is 11.2 Å². The highest BCUT2D eigenvalue weighted by Gasteiger charge is 2.36. The highest BCUT2D eigenvalue weighted by Crippen LogP contribution is 2.32. The van der Waals surface area contributed by atoms with Gasteiger partial charge in [-0.2, -0.15) is 0 Å². The summed E-state index contributed by atoms with van der Waals surface area (Å²) in [5, 5.41) is 10.00. The van der Waals surface area contributed by atoms with Crippen LogP contribution in [0.3, 0.4) is 0 Å². The molecule has 0 bridgehead atoms. The standard InChI is InChI=1S/C14H16ClNO3/c1-3-14(4-2,13(17)18)8-12-16-10-7-9(15)5-6-11(10)19-12/h5-7H,3-4,8H2,1-2H3,(H,17,18). The first kappa shape index (κ1) is 13.9. The number of aromatic nitrogens is 1. The number of aliphatic carboxylic acids is 1. The summed E-state index contributed by atoms with van der Waals surface area (Å²) in [6.07, 6.45) is 1.37. The zero-order valence-corrected chi connectivity index (χ0v) is 11.7. The van der Waals surface area contributed by atoms with Crippen molar-refractivity contribution in [3.05, 3.63) is 29.1 Å². The van der Waals surface area contributed by atoms with Crippen molar-refractivity contribution in [2.75, 3.05) is 0 Å². The lowest BCUT2D eigenvalue weighted by Crippen LogP contribution is -2.32. The number of oxazole rings is 1. The summed E-state index contributed by atoms with van der Waals surface area (Å²) in [6, 6.07) is 5.18. The minimum Gasteiger partial charge on any atom is -0.481 e. The molecule has 4 nitrogen and oxygen atoms in total. The van der Waals surface area contributed by atoms with Gasteiger partial charge in [-0.3, -0.25) is 4.79 Å². The van der Waals surface area contributed by atoms with Crippen LogP contribution < -0.4 is 0 Å². The molecule has 0 fully saturated rings. The van der Waals surface area contributed by atoms with E-state index in [1.165, 1.54) is 0 Å². The molecule has 1 aromatic heterocycles. The van der Waals surface area contributed by atoms with Crippen LogP contribution in [0.15, 0.2) is 22.6 Å². The van der Waals surface area contributed by atoms with Gasteiger partial charge in [0.05, 0.1) is 5.41 Å². The van der Waals surface area contributed by atoms with E-state index in [1.807, 2.05) is 13.8 Å². The predicted molar refractivity (Wildman–Crippen MR) is 73.4 cm³/mol. The fourth-order valence-corrected chi connectivity index (χ4v) is 2.36. The van der Waals surface area contributed by atoms with Gasteiger partial charge >= 0.3 is 5.97 Å². The number of hydrogen-bond donors (Lipinski definition) is 1. The van der Waals surface area contributed by atoms with Gasteiger partial charge in [0.1, 0.15) is 5.52 Å². The number of fused-ring (bicyclic) bond motifs is 1. The lowest BCUT2D eigenvalue weighted by Gasteiger charge is -2.24. The van der Waals surface area contributed by atoms with Gasteiger partial charge in [-0.05, 0) is 31.0 Å². The van der Waals surface area contributed by atoms with E-state index in [4.69, 9.17) is 16.0 Å². The Balaban J connectivity index is 2.36. The maximum atomic E-state index is 11.5. The number of carboxylic acid groups (broad SMARTS) is 1. The lowest BCUT2D eigenvalue weighted by molar-refractivity contribution is -0.149. The zero-order valence-electron chi connectivity index (χ0n) is 10.9. The minimum absolute atomic E-state index is 0.293. The Labute approximate surface area is 116 Å². The van der Waals surface area contributed by atoms with Crippen LogP contribution in [0.5, 0.6) is 0 Å². The van der Waals surface area contributed by atoms with E-state index < -0.39 is 11.4 Å². The molecule has 0 radical (unpaired) electrons. The summed E-state index contributed by atoms with van der Waals surface area (Å²) >= 11 is 5.89. The van der Waals surface area contributed by atoms with Gasteiger partial charge < -0.3 is 9.52 Å². The lowest BCUT2D eigenvalue weighted by atomic mass is 9.79. The summed E-state index contributed by atoms with van der Waals surface area (Å²) in [4.78, 5) is 15.8. The van der Waals surface area contributed by atoms with Crippen LogP contribution in [0.4, 0.5) is 0 Å². The van der Waals surface area contributed by atoms with Crippen LogP contribution in [0.1, 0.15) is 32.6 Å². The quantitative estimate of drug-likeness (QED) is 0.902. The number of nitrogens with zero attached hydrogens (tertiary/aromatic N) is 1. The summed E-state index contributed by atoms with van der Waals surface area (Å²) in [5.74, 6) is -0.360. The van der Waals surface area contributed by atoms with Crippen molar-refractivity contribution in [2.45, 2.75) is 33.1 Å². The topological polar surface area (TPSA) is 63.3 Å². The molecule has 0 atom stereocenters. The molecule has 0 aliphatic rings. The Bertz CT molecular complexity index is 602. The molecule has 2 aromatic rings. The minimum atomic E-state index is -0.815. The molecule has 0 unspecified atom stereocenters. The number of carbonyl (C=O) groups is 1. The molecule has 1 aromatic carbocycles. The molecular formula is C14H16ClNO3. The molecule has 102 valence electrons. The van der Waals surface area contributed by atoms with E-state index in [2.05, 4.69) is 4.98 Å². The van der Waals surface area contributed by atoms with Crippen LogP contribution >= 0.6 is 11.6 Å². The molecule has 0 aliphatic heterocycles. The molecular weight excluding hydrogens is 266 g/mol. The van der Waals surface area contributed by atoms with Crippen LogP contribution in [-0.4, -0.2) is 16.1 Å². The number of hydrogen-bond acceptors (Lipinski definition) is 3. The SMILES string of the molecule is CCC(CC)(Cc1nc2cc(Cl)ccc2o1)C(=O)O. The van der Waals surface area contributed by atoms with Gasteiger partial charge in [-0.25, -0.2) is 4.98 Å². The van der Waals surface area contributed by atoms with E-state index in [1.54, 1.807) is 18.2 Å². The highest BCUT2D eigenvalue weighted by atomic mass is 35.5. The maximum Gasteiger partial charge on any atom is 0.310 e. The number of benzene rings is 1. The summed E-state index contributed by atoms with van der Waals surface area (Å²) in [5.41, 5.74) is 0.477. The van der Waals surface area contributed by atoms with E-state index in [-0.39, 0.29) is 0 Å². The summed E-state index contributed by atoms with van der Waals surface area (Å²) < 4.78 is 5.60. The Morgan fingerprint density at radius 1 is 1.42 bits per heavy atom. The van der Waals surface area contributed by atoms with Gasteiger partial charge in [0.25, 0.3) is 0 Å². The van der Waals surface area contributed by atoms with Crippen LogP contribution in [0, 0.1) is 5.41 Å². The van der Waals surface area contributed by atoms with Crippen LogP contribution in [0.25, 0.3) is 11.1 Å². The molecule has 0 aliphatic carbocycles. The molecule has 19 heavy (non-hydrogen) atoms. The molecule has 2 rings (SSSR count). The molecule has 5 heteroatoms. The summed E-state index contributed by atoms with van der Waals surface area (Å²) in [6.45, 7) is 3.74. The fraction of sp³-hybridized carbons (Fsp3) is 0.429. The molecule has 0 spiro atoms. The van der Waals surface area contributed by atoms with Crippen molar-refractivity contribution in [1.82, 2.24) is 4.98 Å². The number of rotatable bonds is 5. The van der Waals surface area contributed by atoms with Gasteiger partial charge in [0, 0.05) is 11.4 Å². The molecule has 0 amide bonds. The van der Waals surface area contributed by atoms with E-state index in [0.717, 1.165) is 0 Å². The molecule has 0 saturated carbocycles. The van der Waals surface area contributed by atoms with E-state index in [0.29, 0.717) is 41.3 Å². The average Bonchev–Trinajstić information content (AvgIpc) is 2.77. The van der Waals surface area contributed by atoms with Gasteiger partial charge in [0.15, 0.2) is 11.5 Å². The third-order valence-corrected chi connectivity index (χ3v) is 3.93. The Morgan fingerprint density at radius 3 is 2.68 bits per heavy atom. The maximum absolute atomic E-state index is 11.5. The van der Waals surface area contributed by atoms with Gasteiger partial charge in [0.2, 0.25) is 0 Å². The van der Waals surface area contributed by atoms with Crippen molar-refractivity contribution < 1.29 is 14.3 Å². The van der Waals surface area contributed by atoms with E-state index >= 15 is 0 Å². The first-order valence-electron chi connectivity index (χ1n) is 6.29. The smallest absolute Gasteiger partial charge is 0.310 e. The molecule has 1 N–H and O–H groups in total.